The lowest BCUT2D eigenvalue weighted by Crippen LogP contribution is -2.32. The first-order chi connectivity index (χ1) is 16.1. The van der Waals surface area contributed by atoms with Gasteiger partial charge in [0.25, 0.3) is 0 Å². The van der Waals surface area contributed by atoms with Crippen molar-refractivity contribution in [2.45, 2.75) is 17.0 Å². The minimum Gasteiger partial charge on any atom is -0.480 e. The van der Waals surface area contributed by atoms with Gasteiger partial charge in [0.15, 0.2) is 0 Å². The van der Waals surface area contributed by atoms with Crippen molar-refractivity contribution in [3.8, 4) is 5.75 Å². The molecule has 5 nitrogen and oxygen atoms in total. The third kappa shape index (κ3) is 3.41. The zero-order chi connectivity index (χ0) is 22.5. The maximum Gasteiger partial charge on any atom is 0.226 e. The molecule has 2 atom stereocenters. The second-order valence-electron chi connectivity index (χ2n) is 7.82. The van der Waals surface area contributed by atoms with E-state index in [0.29, 0.717) is 16.0 Å². The smallest absolute Gasteiger partial charge is 0.226 e. The van der Waals surface area contributed by atoms with Crippen molar-refractivity contribution in [3.63, 3.8) is 0 Å². The molecule has 3 aromatic carbocycles. The summed E-state index contributed by atoms with van der Waals surface area (Å²) in [5, 5.41) is 9.19. The molecule has 3 heterocycles. The first-order valence-corrected chi connectivity index (χ1v) is 12.4. The van der Waals surface area contributed by atoms with Gasteiger partial charge in [-0.2, -0.15) is 10.1 Å². The summed E-state index contributed by atoms with van der Waals surface area (Å²) in [5.74, 6) is 1.47. The van der Waals surface area contributed by atoms with Crippen LogP contribution in [0.4, 0.5) is 5.95 Å². The van der Waals surface area contributed by atoms with E-state index in [4.69, 9.17) is 27.9 Å². The Labute approximate surface area is 205 Å². The zero-order valence-corrected chi connectivity index (χ0v) is 19.8. The Morgan fingerprint density at radius 2 is 1.85 bits per heavy atom. The average molecular weight is 493 g/mol. The largest absolute Gasteiger partial charge is 0.480 e. The SMILES string of the molecule is CSc1ccc([C@H]2Oc3ccccc3C3=C2[C@H](c2ccc(Cl)cc2Cl)n2ncnc2N3)cc1. The van der Waals surface area contributed by atoms with E-state index in [9.17, 15) is 0 Å². The molecule has 0 saturated carbocycles. The number of hydrogen-bond acceptors (Lipinski definition) is 5. The van der Waals surface area contributed by atoms with Gasteiger partial charge in [-0.25, -0.2) is 4.68 Å². The molecule has 8 heteroatoms. The number of fused-ring (bicyclic) bond motifs is 3. The lowest BCUT2D eigenvalue weighted by Gasteiger charge is -2.39. The van der Waals surface area contributed by atoms with Crippen LogP contribution in [0.3, 0.4) is 0 Å². The third-order valence-electron chi connectivity index (χ3n) is 6.00. The molecule has 0 unspecified atom stereocenters. The standard InChI is InChI=1S/C25H18Cl2N4OS/c1-33-16-9-6-14(7-10-16)24-21-22(18-4-2-3-5-20(18)32-24)30-25-28-13-29-31(25)23(21)17-11-8-15(26)12-19(17)27/h2-13,23-24H,1H3,(H,28,29,30)/t23-,24+/m0/s1. The molecule has 0 spiro atoms. The number of nitrogens with zero attached hydrogens (tertiary/aromatic N) is 3. The lowest BCUT2D eigenvalue weighted by molar-refractivity contribution is 0.223. The van der Waals surface area contributed by atoms with E-state index < -0.39 is 0 Å². The molecule has 6 rings (SSSR count). The molecule has 4 aromatic rings. The fourth-order valence-corrected chi connectivity index (χ4v) is 5.41. The predicted octanol–water partition coefficient (Wildman–Crippen LogP) is 6.87. The highest BCUT2D eigenvalue weighted by Crippen LogP contribution is 2.51. The van der Waals surface area contributed by atoms with Crippen LogP contribution in [-0.2, 0) is 0 Å². The Hall–Kier alpha value is -2.93. The van der Waals surface area contributed by atoms with Gasteiger partial charge in [-0.15, -0.1) is 11.8 Å². The normalized spacial score (nSPS) is 18.6. The topological polar surface area (TPSA) is 52.0 Å². The molecule has 33 heavy (non-hydrogen) atoms. The number of ether oxygens (including phenoxy) is 1. The fourth-order valence-electron chi connectivity index (χ4n) is 4.49. The van der Waals surface area contributed by atoms with Crippen molar-refractivity contribution in [2.75, 3.05) is 11.6 Å². The number of rotatable bonds is 3. The molecule has 0 amide bonds. The van der Waals surface area contributed by atoms with Crippen molar-refractivity contribution in [1.82, 2.24) is 14.8 Å². The van der Waals surface area contributed by atoms with Crippen LogP contribution in [-0.4, -0.2) is 21.0 Å². The molecule has 0 aliphatic carbocycles. The van der Waals surface area contributed by atoms with E-state index in [0.717, 1.165) is 33.7 Å². The van der Waals surface area contributed by atoms with Crippen molar-refractivity contribution < 1.29 is 4.74 Å². The first kappa shape index (κ1) is 20.7. The molecular weight excluding hydrogens is 475 g/mol. The van der Waals surface area contributed by atoms with Crippen molar-refractivity contribution in [3.05, 3.63) is 105 Å². The zero-order valence-electron chi connectivity index (χ0n) is 17.5. The van der Waals surface area contributed by atoms with Gasteiger partial charge in [-0.3, -0.25) is 0 Å². The van der Waals surface area contributed by atoms with Crippen molar-refractivity contribution in [2.24, 2.45) is 0 Å². The monoisotopic (exact) mass is 492 g/mol. The van der Waals surface area contributed by atoms with Crippen LogP contribution in [0.2, 0.25) is 10.0 Å². The quantitative estimate of drug-likeness (QED) is 0.316. The third-order valence-corrected chi connectivity index (χ3v) is 7.30. The highest BCUT2D eigenvalue weighted by atomic mass is 35.5. The second-order valence-corrected chi connectivity index (χ2v) is 9.54. The van der Waals surface area contributed by atoms with Gasteiger partial charge >= 0.3 is 0 Å². The maximum atomic E-state index is 6.73. The van der Waals surface area contributed by atoms with E-state index >= 15 is 0 Å². The van der Waals surface area contributed by atoms with E-state index in [1.807, 2.05) is 35.0 Å². The van der Waals surface area contributed by atoms with Crippen molar-refractivity contribution in [1.29, 1.82) is 0 Å². The number of para-hydroxylation sites is 1. The Morgan fingerprint density at radius 3 is 2.64 bits per heavy atom. The Morgan fingerprint density at radius 1 is 1.03 bits per heavy atom. The van der Waals surface area contributed by atoms with Crippen LogP contribution in [0.5, 0.6) is 5.75 Å². The summed E-state index contributed by atoms with van der Waals surface area (Å²) in [5.41, 5.74) is 4.90. The number of benzene rings is 3. The van der Waals surface area contributed by atoms with E-state index in [2.05, 4.69) is 52.0 Å². The van der Waals surface area contributed by atoms with Gasteiger partial charge < -0.3 is 10.1 Å². The number of thioether (sulfide) groups is 1. The van der Waals surface area contributed by atoms with Crippen LogP contribution in [0.1, 0.15) is 28.8 Å². The Kier molecular flexibility index (Phi) is 5.09. The summed E-state index contributed by atoms with van der Waals surface area (Å²) in [6.45, 7) is 0. The minimum atomic E-state index is -0.340. The minimum absolute atomic E-state index is 0.318. The summed E-state index contributed by atoms with van der Waals surface area (Å²) < 4.78 is 8.49. The molecule has 2 aliphatic rings. The van der Waals surface area contributed by atoms with E-state index in [1.54, 1.807) is 24.2 Å². The molecule has 0 radical (unpaired) electrons. The number of aromatic nitrogens is 3. The van der Waals surface area contributed by atoms with Crippen LogP contribution < -0.4 is 10.1 Å². The first-order valence-electron chi connectivity index (χ1n) is 10.4. The van der Waals surface area contributed by atoms with Crippen LogP contribution in [0.15, 0.2) is 83.5 Å². The highest BCUT2D eigenvalue weighted by Gasteiger charge is 2.41. The Bertz CT molecular complexity index is 1400. The molecule has 164 valence electrons. The lowest BCUT2D eigenvalue weighted by atomic mass is 9.84. The number of anilines is 1. The summed E-state index contributed by atoms with van der Waals surface area (Å²) >= 11 is 14.7. The van der Waals surface area contributed by atoms with E-state index in [1.165, 1.54) is 4.90 Å². The van der Waals surface area contributed by atoms with E-state index in [-0.39, 0.29) is 12.1 Å². The fraction of sp³-hybridized carbons (Fsp3) is 0.120. The van der Waals surface area contributed by atoms with Crippen molar-refractivity contribution >= 4 is 46.6 Å². The number of nitrogens with one attached hydrogen (secondary N) is 1. The summed E-state index contributed by atoms with van der Waals surface area (Å²) in [6, 6.07) is 21.7. The van der Waals surface area contributed by atoms with Crippen LogP contribution >= 0.6 is 35.0 Å². The number of halogens is 2. The van der Waals surface area contributed by atoms with Crippen LogP contribution in [0, 0.1) is 0 Å². The van der Waals surface area contributed by atoms with Gasteiger partial charge in [-0.05, 0) is 53.8 Å². The molecule has 0 bridgehead atoms. The number of hydrogen-bond donors (Lipinski definition) is 1. The molecular formula is C25H18Cl2N4OS. The average Bonchev–Trinajstić information content (AvgIpc) is 3.31. The molecule has 0 saturated heterocycles. The molecule has 2 aliphatic heterocycles. The summed E-state index contributed by atoms with van der Waals surface area (Å²) in [6.07, 6.45) is 3.28. The highest BCUT2D eigenvalue weighted by molar-refractivity contribution is 7.98. The van der Waals surface area contributed by atoms with Gasteiger partial charge in [0.1, 0.15) is 24.2 Å². The molecule has 1 aromatic heterocycles. The van der Waals surface area contributed by atoms with Gasteiger partial charge in [0.05, 0.1) is 5.70 Å². The second kappa shape index (κ2) is 8.13. The summed E-state index contributed by atoms with van der Waals surface area (Å²) in [4.78, 5) is 5.65. The van der Waals surface area contributed by atoms with Crippen LogP contribution in [0.25, 0.3) is 5.70 Å². The summed E-state index contributed by atoms with van der Waals surface area (Å²) in [7, 11) is 0. The maximum absolute atomic E-state index is 6.73. The van der Waals surface area contributed by atoms with Gasteiger partial charge in [0, 0.05) is 26.1 Å². The van der Waals surface area contributed by atoms with Gasteiger partial charge in [-0.1, -0.05) is 53.5 Å². The molecule has 1 N–H and O–H groups in total. The predicted molar refractivity (Wildman–Crippen MR) is 133 cm³/mol. The molecule has 0 fully saturated rings. The van der Waals surface area contributed by atoms with Gasteiger partial charge in [0.2, 0.25) is 5.95 Å². The Balaban J connectivity index is 1.62.